The van der Waals surface area contributed by atoms with E-state index in [1.165, 1.54) is 0 Å². The topological polar surface area (TPSA) is 110 Å². The number of hydrogen-bond donors (Lipinski definition) is 0. The molecule has 0 amide bonds. The van der Waals surface area contributed by atoms with Gasteiger partial charge in [-0.1, -0.05) is 122 Å². The van der Waals surface area contributed by atoms with E-state index >= 15 is 0 Å². The summed E-state index contributed by atoms with van der Waals surface area (Å²) in [6, 6.07) is 75.4. The molecule has 0 aliphatic carbocycles. The largest absolute Gasteiger partial charge is 0.456 e. The fourth-order valence-electron chi connectivity index (χ4n) is 12.4. The van der Waals surface area contributed by atoms with Crippen molar-refractivity contribution in [2.75, 3.05) is 0 Å². The number of benzene rings is 11. The van der Waals surface area contributed by atoms with Crippen LogP contribution in [0.4, 0.5) is 0 Å². The summed E-state index contributed by atoms with van der Waals surface area (Å²) >= 11 is 0. The van der Waals surface area contributed by atoms with Crippen LogP contribution in [0.2, 0.25) is 0 Å². The van der Waals surface area contributed by atoms with Crippen LogP contribution in [0, 0.1) is 22.7 Å². The third-order valence-electron chi connectivity index (χ3n) is 15.9. The van der Waals surface area contributed by atoms with Gasteiger partial charge in [0.1, 0.15) is 56.8 Å². The molecule has 17 aromatic rings. The molecule has 0 unspecified atom stereocenters. The first kappa shape index (κ1) is 44.9. The van der Waals surface area contributed by atoms with Gasteiger partial charge in [0.2, 0.25) is 0 Å². The maximum Gasteiger partial charge on any atom is 0.145 e. The Kier molecular flexibility index (Phi) is 9.60. The number of aromatic nitrogens is 2. The molecule has 6 aromatic heterocycles. The Morgan fingerprint density at radius 1 is 0.325 bits per heavy atom. The molecular formula is C72H40N4O4. The number of allylic oxidation sites excluding steroid dienone is 2. The highest BCUT2D eigenvalue weighted by atomic mass is 16.3. The zero-order chi connectivity index (χ0) is 53.3. The second-order valence-electron chi connectivity index (χ2n) is 20.2. The van der Waals surface area contributed by atoms with Crippen molar-refractivity contribution in [3.63, 3.8) is 0 Å². The Bertz CT molecular complexity index is 5600. The Balaban J connectivity index is 0.00000129. The molecule has 8 heteroatoms. The van der Waals surface area contributed by atoms with Crippen LogP contribution in [-0.4, -0.2) is 9.13 Å². The number of nitriles is 2. The number of para-hydroxylation sites is 4. The smallest absolute Gasteiger partial charge is 0.145 e. The third-order valence-corrected chi connectivity index (χ3v) is 15.9. The van der Waals surface area contributed by atoms with Gasteiger partial charge in [0.15, 0.2) is 0 Å². The summed E-state index contributed by atoms with van der Waals surface area (Å²) < 4.78 is 30.2. The molecule has 0 fully saturated rings. The summed E-state index contributed by atoms with van der Waals surface area (Å²) in [7, 11) is 0. The molecule has 0 N–H and O–H groups in total. The van der Waals surface area contributed by atoms with Gasteiger partial charge in [-0.25, -0.2) is 0 Å². The summed E-state index contributed by atoms with van der Waals surface area (Å²) in [4.78, 5) is 0. The van der Waals surface area contributed by atoms with Crippen molar-refractivity contribution in [1.29, 1.82) is 10.5 Å². The van der Waals surface area contributed by atoms with Crippen LogP contribution in [0.25, 0.3) is 165 Å². The van der Waals surface area contributed by atoms with Gasteiger partial charge in [-0.15, -0.1) is 0 Å². The van der Waals surface area contributed by atoms with Crippen LogP contribution in [0.1, 0.15) is 11.1 Å². The SMILES string of the molecule is C=CC=C.N#Cc1cc(-n2c3ccc(-c4ccc5oc6ccccc6c5c4)cc3c3c4oc5ccccc5c4ccc32)cc(C#N)c1-n1c2ccc(-c3ccc4oc5ccccc5c4c3)cc2c2c3oc4ccccc4c3ccc21. The highest BCUT2D eigenvalue weighted by molar-refractivity contribution is 6.26. The summed E-state index contributed by atoms with van der Waals surface area (Å²) in [6.45, 7) is 6.72. The van der Waals surface area contributed by atoms with Crippen LogP contribution in [-0.2, 0) is 0 Å². The maximum atomic E-state index is 11.4. The van der Waals surface area contributed by atoms with E-state index in [-0.39, 0.29) is 0 Å². The first-order valence-corrected chi connectivity index (χ1v) is 26.3. The maximum absolute atomic E-state index is 11.4. The number of rotatable bonds is 5. The predicted molar refractivity (Wildman–Crippen MR) is 325 cm³/mol. The van der Waals surface area contributed by atoms with E-state index in [1.807, 2.05) is 97.1 Å². The molecule has 0 aliphatic heterocycles. The lowest BCUT2D eigenvalue weighted by Crippen LogP contribution is -2.04. The van der Waals surface area contributed by atoms with Gasteiger partial charge in [-0.3, -0.25) is 0 Å². The predicted octanol–water partition coefficient (Wildman–Crippen LogP) is 19.9. The molecule has 0 saturated carbocycles. The van der Waals surface area contributed by atoms with Gasteiger partial charge in [0.05, 0.1) is 49.7 Å². The minimum atomic E-state index is 0.344. The van der Waals surface area contributed by atoms with Crippen LogP contribution < -0.4 is 0 Å². The van der Waals surface area contributed by atoms with Crippen molar-refractivity contribution in [2.45, 2.75) is 0 Å². The van der Waals surface area contributed by atoms with Crippen LogP contribution in [0.3, 0.4) is 0 Å². The standard InChI is InChI=1S/C68H34N4O4.C4H6/c69-35-41-29-43(71-54-23-17-37(39-19-27-62-50(31-39)46-11-3-5-13-58(46)73-62)33-52(54)64-56(71)25-21-48-44-9-1-7-15-60(44)75-67(48)64)30-42(36-70)66(41)72-55-24-18-38(40-20-28-63-51(32-40)47-12-4-6-14-59(47)74-63)34-53(55)65-57(72)26-22-49-45-10-2-8-16-61(45)76-68(49)65;1-3-4-2/h1-34H;3-4H,1-2H2. The van der Waals surface area contributed by atoms with Crippen molar-refractivity contribution in [3.05, 3.63) is 243 Å². The minimum Gasteiger partial charge on any atom is -0.456 e. The lowest BCUT2D eigenvalue weighted by Gasteiger charge is -2.16. The molecule has 6 heterocycles. The molecule has 11 aromatic carbocycles. The molecule has 0 saturated heterocycles. The molecule has 0 spiro atoms. The highest BCUT2D eigenvalue weighted by Crippen LogP contribution is 2.46. The molecule has 80 heavy (non-hydrogen) atoms. The van der Waals surface area contributed by atoms with E-state index in [9.17, 15) is 10.5 Å². The first-order valence-electron chi connectivity index (χ1n) is 26.3. The number of fused-ring (bicyclic) bond motifs is 20. The molecule has 0 aliphatic rings. The van der Waals surface area contributed by atoms with E-state index in [0.717, 1.165) is 154 Å². The van der Waals surface area contributed by atoms with E-state index in [2.05, 4.69) is 144 Å². The molecule has 17 rings (SSSR count). The van der Waals surface area contributed by atoms with Gasteiger partial charge in [0, 0.05) is 59.5 Å². The normalized spacial score (nSPS) is 11.8. The van der Waals surface area contributed by atoms with Crippen molar-refractivity contribution < 1.29 is 17.7 Å². The number of furan rings is 4. The summed E-state index contributed by atoms with van der Waals surface area (Å²) in [6.07, 6.45) is 3.28. The zero-order valence-corrected chi connectivity index (χ0v) is 42.6. The molecule has 0 atom stereocenters. The van der Waals surface area contributed by atoms with E-state index < -0.39 is 0 Å². The van der Waals surface area contributed by atoms with Gasteiger partial charge in [-0.2, -0.15) is 10.5 Å². The van der Waals surface area contributed by atoms with E-state index in [0.29, 0.717) is 22.5 Å². The van der Waals surface area contributed by atoms with Crippen LogP contribution in [0.5, 0.6) is 0 Å². The fourth-order valence-corrected chi connectivity index (χ4v) is 12.4. The second-order valence-corrected chi connectivity index (χ2v) is 20.2. The van der Waals surface area contributed by atoms with Crippen LogP contribution >= 0.6 is 0 Å². The Labute approximate surface area is 454 Å². The second kappa shape index (κ2) is 17.1. The quantitative estimate of drug-likeness (QED) is 0.159. The fraction of sp³-hybridized carbons (Fsp3) is 0. The Morgan fingerprint density at radius 3 is 1.11 bits per heavy atom. The van der Waals surface area contributed by atoms with Gasteiger partial charge < -0.3 is 26.8 Å². The average molecular weight is 1030 g/mol. The molecule has 0 radical (unpaired) electrons. The zero-order valence-electron chi connectivity index (χ0n) is 42.6. The first-order chi connectivity index (χ1) is 39.5. The third kappa shape index (κ3) is 6.42. The van der Waals surface area contributed by atoms with Crippen molar-refractivity contribution >= 4 is 131 Å². The van der Waals surface area contributed by atoms with Crippen molar-refractivity contribution in [3.8, 4) is 45.8 Å². The monoisotopic (exact) mass is 1020 g/mol. The number of nitrogens with zero attached hydrogens (tertiary/aromatic N) is 4. The molecule has 0 bridgehead atoms. The van der Waals surface area contributed by atoms with Crippen molar-refractivity contribution in [2.24, 2.45) is 0 Å². The summed E-state index contributed by atoms with van der Waals surface area (Å²) in [5.74, 6) is 0. The minimum absolute atomic E-state index is 0.344. The Morgan fingerprint density at radius 2 is 0.675 bits per heavy atom. The average Bonchev–Trinajstić information content (AvgIpc) is 4.48. The summed E-state index contributed by atoms with van der Waals surface area (Å²) in [5, 5.41) is 34.8. The van der Waals surface area contributed by atoms with E-state index in [4.69, 9.17) is 17.7 Å². The van der Waals surface area contributed by atoms with Gasteiger partial charge >= 0.3 is 0 Å². The summed E-state index contributed by atoms with van der Waals surface area (Å²) in [5.41, 5.74) is 15.9. The number of hydrogen-bond acceptors (Lipinski definition) is 6. The van der Waals surface area contributed by atoms with Gasteiger partial charge in [-0.05, 0) is 131 Å². The Hall–Kier alpha value is -11.3. The lowest BCUT2D eigenvalue weighted by molar-refractivity contribution is 0.668. The van der Waals surface area contributed by atoms with E-state index in [1.54, 1.807) is 12.2 Å². The van der Waals surface area contributed by atoms with Gasteiger partial charge in [0.25, 0.3) is 0 Å². The molecule has 8 nitrogen and oxygen atoms in total. The lowest BCUT2D eigenvalue weighted by atomic mass is 10.00. The van der Waals surface area contributed by atoms with Crippen LogP contribution in [0.15, 0.2) is 249 Å². The van der Waals surface area contributed by atoms with Crippen molar-refractivity contribution in [1.82, 2.24) is 9.13 Å². The highest BCUT2D eigenvalue weighted by Gasteiger charge is 2.26. The molecular weight excluding hydrogens is 985 g/mol. The molecule has 372 valence electrons.